The van der Waals surface area contributed by atoms with Crippen LogP contribution in [0.5, 0.6) is 0 Å². The molecule has 0 aliphatic heterocycles. The summed E-state index contributed by atoms with van der Waals surface area (Å²) in [6, 6.07) is 2.03. The Hall–Kier alpha value is -1.67. The number of hydrogen-bond donors (Lipinski definition) is 3. The van der Waals surface area contributed by atoms with Gasteiger partial charge in [-0.05, 0) is 25.0 Å². The minimum Gasteiger partial charge on any atom is -0.370 e. The van der Waals surface area contributed by atoms with E-state index in [0.717, 1.165) is 0 Å². The van der Waals surface area contributed by atoms with Gasteiger partial charge in [-0.3, -0.25) is 4.79 Å². The Morgan fingerprint density at radius 2 is 2.05 bits per heavy atom. The SMILES string of the molecule is CCNc1ccc(S(=O)(=O)NC(C(N)=O)C(C)C)cn1. The molecule has 8 heteroatoms. The monoisotopic (exact) mass is 300 g/mol. The van der Waals surface area contributed by atoms with Crippen molar-refractivity contribution in [3.63, 3.8) is 0 Å². The van der Waals surface area contributed by atoms with Crippen LogP contribution in [-0.4, -0.2) is 31.9 Å². The number of nitrogens with zero attached hydrogens (tertiary/aromatic N) is 1. The van der Waals surface area contributed by atoms with Crippen LogP contribution in [0.3, 0.4) is 0 Å². The van der Waals surface area contributed by atoms with Gasteiger partial charge in [-0.1, -0.05) is 13.8 Å². The average molecular weight is 300 g/mol. The van der Waals surface area contributed by atoms with E-state index in [1.165, 1.54) is 12.3 Å². The number of nitrogens with one attached hydrogen (secondary N) is 2. The summed E-state index contributed by atoms with van der Waals surface area (Å²) in [6.45, 7) is 6.03. The first-order valence-electron chi connectivity index (χ1n) is 6.29. The Balaban J connectivity index is 2.95. The van der Waals surface area contributed by atoms with Crippen LogP contribution < -0.4 is 15.8 Å². The number of anilines is 1. The number of carbonyl (C=O) groups excluding carboxylic acids is 1. The summed E-state index contributed by atoms with van der Waals surface area (Å²) in [7, 11) is -3.82. The molecule has 1 heterocycles. The number of carbonyl (C=O) groups is 1. The molecule has 4 N–H and O–H groups in total. The number of nitrogens with two attached hydrogens (primary N) is 1. The van der Waals surface area contributed by atoms with Crippen LogP contribution in [0.2, 0.25) is 0 Å². The fourth-order valence-corrected chi connectivity index (χ4v) is 2.88. The number of pyridine rings is 1. The Morgan fingerprint density at radius 3 is 2.45 bits per heavy atom. The molecule has 1 aromatic rings. The smallest absolute Gasteiger partial charge is 0.242 e. The van der Waals surface area contributed by atoms with Gasteiger partial charge in [0.2, 0.25) is 15.9 Å². The summed E-state index contributed by atoms with van der Waals surface area (Å²) in [6.07, 6.45) is 1.23. The van der Waals surface area contributed by atoms with Gasteiger partial charge < -0.3 is 11.1 Å². The standard InChI is InChI=1S/C12H20N4O3S/c1-4-14-10-6-5-9(7-15-10)20(18,19)16-11(8(2)3)12(13)17/h5-8,11,16H,4H2,1-3H3,(H2,13,17)(H,14,15). The molecule has 1 rings (SSSR count). The molecule has 1 unspecified atom stereocenters. The van der Waals surface area contributed by atoms with E-state index in [-0.39, 0.29) is 10.8 Å². The quantitative estimate of drug-likeness (QED) is 0.670. The highest BCUT2D eigenvalue weighted by molar-refractivity contribution is 7.89. The minimum absolute atomic E-state index is 0.00828. The molecule has 1 atom stereocenters. The number of aromatic nitrogens is 1. The molecule has 7 nitrogen and oxygen atoms in total. The van der Waals surface area contributed by atoms with Crippen molar-refractivity contribution in [2.75, 3.05) is 11.9 Å². The number of primary amides is 1. The summed E-state index contributed by atoms with van der Waals surface area (Å²) < 4.78 is 26.6. The van der Waals surface area contributed by atoms with Gasteiger partial charge in [-0.15, -0.1) is 0 Å². The third kappa shape index (κ3) is 4.17. The number of rotatable bonds is 7. The molecule has 112 valence electrons. The van der Waals surface area contributed by atoms with Gasteiger partial charge in [0, 0.05) is 12.7 Å². The van der Waals surface area contributed by atoms with E-state index in [2.05, 4.69) is 15.0 Å². The van der Waals surface area contributed by atoms with E-state index < -0.39 is 22.0 Å². The van der Waals surface area contributed by atoms with Crippen molar-refractivity contribution in [1.82, 2.24) is 9.71 Å². The van der Waals surface area contributed by atoms with Crippen molar-refractivity contribution in [2.24, 2.45) is 11.7 Å². The van der Waals surface area contributed by atoms with Crippen LogP contribution in [0.25, 0.3) is 0 Å². The lowest BCUT2D eigenvalue weighted by Gasteiger charge is -2.18. The summed E-state index contributed by atoms with van der Waals surface area (Å²) >= 11 is 0. The second kappa shape index (κ2) is 6.67. The lowest BCUT2D eigenvalue weighted by molar-refractivity contribution is -0.120. The van der Waals surface area contributed by atoms with Gasteiger partial charge in [0.1, 0.15) is 16.8 Å². The van der Waals surface area contributed by atoms with Gasteiger partial charge in [-0.2, -0.15) is 4.72 Å². The lowest BCUT2D eigenvalue weighted by atomic mass is 10.1. The van der Waals surface area contributed by atoms with Crippen molar-refractivity contribution in [3.8, 4) is 0 Å². The Kier molecular flexibility index (Phi) is 5.46. The average Bonchev–Trinajstić information content (AvgIpc) is 2.36. The molecule has 0 radical (unpaired) electrons. The number of hydrogen-bond acceptors (Lipinski definition) is 5. The van der Waals surface area contributed by atoms with Gasteiger partial charge in [0.15, 0.2) is 0 Å². The van der Waals surface area contributed by atoms with Crippen LogP contribution in [0.4, 0.5) is 5.82 Å². The van der Waals surface area contributed by atoms with Crippen LogP contribution in [0.1, 0.15) is 20.8 Å². The van der Waals surface area contributed by atoms with Crippen molar-refractivity contribution in [1.29, 1.82) is 0 Å². The van der Waals surface area contributed by atoms with Crippen LogP contribution >= 0.6 is 0 Å². The molecular formula is C12H20N4O3S. The van der Waals surface area contributed by atoms with Crippen LogP contribution in [0, 0.1) is 5.92 Å². The van der Waals surface area contributed by atoms with Gasteiger partial charge in [0.25, 0.3) is 0 Å². The summed E-state index contributed by atoms with van der Waals surface area (Å²) in [5.41, 5.74) is 5.20. The zero-order valence-corrected chi connectivity index (χ0v) is 12.6. The molecule has 1 amide bonds. The molecule has 0 aliphatic rings. The Bertz CT molecular complexity index is 555. The number of sulfonamides is 1. The predicted octanol–water partition coefficient (Wildman–Crippen LogP) is 0.302. The fourth-order valence-electron chi connectivity index (χ4n) is 1.58. The second-order valence-electron chi connectivity index (χ2n) is 4.65. The molecule has 1 aromatic heterocycles. The highest BCUT2D eigenvalue weighted by Crippen LogP contribution is 2.13. The molecular weight excluding hydrogens is 280 g/mol. The molecule has 20 heavy (non-hydrogen) atoms. The molecule has 0 spiro atoms. The highest BCUT2D eigenvalue weighted by Gasteiger charge is 2.26. The zero-order valence-electron chi connectivity index (χ0n) is 11.8. The topological polar surface area (TPSA) is 114 Å². The first-order chi connectivity index (χ1) is 9.27. The maximum atomic E-state index is 12.1. The molecule has 0 bridgehead atoms. The lowest BCUT2D eigenvalue weighted by Crippen LogP contribution is -2.47. The molecule has 0 fully saturated rings. The van der Waals surface area contributed by atoms with Crippen molar-refractivity contribution in [2.45, 2.75) is 31.7 Å². The first kappa shape index (κ1) is 16.4. The van der Waals surface area contributed by atoms with Crippen LogP contribution in [-0.2, 0) is 14.8 Å². The van der Waals surface area contributed by atoms with Crippen molar-refractivity contribution >= 4 is 21.7 Å². The number of amides is 1. The van der Waals surface area contributed by atoms with Gasteiger partial charge in [0.05, 0.1) is 0 Å². The third-order valence-electron chi connectivity index (χ3n) is 2.66. The first-order valence-corrected chi connectivity index (χ1v) is 7.77. The van der Waals surface area contributed by atoms with E-state index in [0.29, 0.717) is 12.4 Å². The van der Waals surface area contributed by atoms with E-state index >= 15 is 0 Å². The van der Waals surface area contributed by atoms with Gasteiger partial charge in [-0.25, -0.2) is 13.4 Å². The van der Waals surface area contributed by atoms with Gasteiger partial charge >= 0.3 is 0 Å². The van der Waals surface area contributed by atoms with E-state index in [9.17, 15) is 13.2 Å². The summed E-state index contributed by atoms with van der Waals surface area (Å²) in [4.78, 5) is 15.2. The van der Waals surface area contributed by atoms with Crippen molar-refractivity contribution < 1.29 is 13.2 Å². The summed E-state index contributed by atoms with van der Waals surface area (Å²) in [5, 5.41) is 2.96. The van der Waals surface area contributed by atoms with E-state index in [1.807, 2.05) is 6.92 Å². The van der Waals surface area contributed by atoms with Crippen LogP contribution in [0.15, 0.2) is 23.2 Å². The molecule has 0 saturated carbocycles. The van der Waals surface area contributed by atoms with Crippen molar-refractivity contribution in [3.05, 3.63) is 18.3 Å². The Labute approximate surface area is 119 Å². The Morgan fingerprint density at radius 1 is 1.40 bits per heavy atom. The van der Waals surface area contributed by atoms with E-state index in [4.69, 9.17) is 5.73 Å². The third-order valence-corrected chi connectivity index (χ3v) is 4.09. The van der Waals surface area contributed by atoms with E-state index in [1.54, 1.807) is 19.9 Å². The minimum atomic E-state index is -3.82. The molecule has 0 saturated heterocycles. The maximum absolute atomic E-state index is 12.1. The largest absolute Gasteiger partial charge is 0.370 e. The predicted molar refractivity (Wildman–Crippen MR) is 76.5 cm³/mol. The maximum Gasteiger partial charge on any atom is 0.242 e. The fraction of sp³-hybridized carbons (Fsp3) is 0.500. The summed E-state index contributed by atoms with van der Waals surface area (Å²) in [5.74, 6) is -0.362. The highest BCUT2D eigenvalue weighted by atomic mass is 32.2. The second-order valence-corrected chi connectivity index (χ2v) is 6.37. The normalized spacial score (nSPS) is 13.2. The zero-order chi connectivity index (χ0) is 15.3. The molecule has 0 aliphatic carbocycles. The molecule has 0 aromatic carbocycles.